The van der Waals surface area contributed by atoms with Gasteiger partial charge in [-0.3, -0.25) is 14.4 Å². The van der Waals surface area contributed by atoms with Gasteiger partial charge in [-0.25, -0.2) is 0 Å². The summed E-state index contributed by atoms with van der Waals surface area (Å²) in [6, 6.07) is 8.57. The van der Waals surface area contributed by atoms with Gasteiger partial charge in [0.15, 0.2) is 5.78 Å². The van der Waals surface area contributed by atoms with Gasteiger partial charge in [0.2, 0.25) is 10.9 Å². The van der Waals surface area contributed by atoms with E-state index in [9.17, 15) is 14.4 Å². The van der Waals surface area contributed by atoms with E-state index in [1.807, 2.05) is 0 Å². The van der Waals surface area contributed by atoms with Gasteiger partial charge in [-0.2, -0.15) is 0 Å². The Morgan fingerprint density at radius 2 is 1.69 bits per heavy atom. The summed E-state index contributed by atoms with van der Waals surface area (Å²) in [6.45, 7) is 0. The van der Waals surface area contributed by atoms with Crippen molar-refractivity contribution >= 4 is 17.4 Å². The fraction of sp³-hybridized carbons (Fsp3) is 0.0833. The van der Waals surface area contributed by atoms with Crippen LogP contribution in [0.5, 0.6) is 0 Å². The minimum absolute atomic E-state index is 0.103. The highest BCUT2D eigenvalue weighted by molar-refractivity contribution is 6.32. The zero-order valence-corrected chi connectivity index (χ0v) is 8.95. The van der Waals surface area contributed by atoms with Crippen LogP contribution >= 0.6 is 11.6 Å². The molecule has 2 rings (SSSR count). The second-order valence-corrected chi connectivity index (χ2v) is 3.79. The molecule has 80 valence electrons. The molecular weight excluding hydrogens is 228 g/mol. The first-order valence-corrected chi connectivity index (χ1v) is 5.05. The van der Waals surface area contributed by atoms with E-state index in [4.69, 9.17) is 11.6 Å². The third-order valence-corrected chi connectivity index (χ3v) is 2.78. The summed E-state index contributed by atoms with van der Waals surface area (Å²) in [6.07, 6.45) is -0.104. The molecule has 2 aromatic rings. The quantitative estimate of drug-likeness (QED) is 0.595. The molecule has 0 bridgehead atoms. The van der Waals surface area contributed by atoms with Crippen molar-refractivity contribution in [1.29, 1.82) is 0 Å². The number of hydrogen-bond acceptors (Lipinski definition) is 3. The van der Waals surface area contributed by atoms with Crippen LogP contribution in [0.2, 0.25) is 5.02 Å². The Balaban J connectivity index is 2.22. The molecule has 0 radical (unpaired) electrons. The summed E-state index contributed by atoms with van der Waals surface area (Å²) in [7, 11) is 0. The van der Waals surface area contributed by atoms with E-state index < -0.39 is 10.9 Å². The van der Waals surface area contributed by atoms with Crippen molar-refractivity contribution in [3.63, 3.8) is 0 Å². The van der Waals surface area contributed by atoms with E-state index in [1.165, 1.54) is 0 Å². The fourth-order valence-electron chi connectivity index (χ4n) is 1.46. The molecule has 0 aliphatic rings. The SMILES string of the molecule is O=C(Cc1c(Cl)c(=O)c1=O)c1ccccc1. The van der Waals surface area contributed by atoms with Crippen LogP contribution in [-0.2, 0) is 6.42 Å². The molecule has 0 aromatic heterocycles. The van der Waals surface area contributed by atoms with Crippen LogP contribution in [-0.4, -0.2) is 5.78 Å². The first-order valence-electron chi connectivity index (χ1n) is 4.67. The molecule has 4 heteroatoms. The summed E-state index contributed by atoms with van der Waals surface area (Å²) < 4.78 is 0. The third-order valence-electron chi connectivity index (χ3n) is 2.38. The van der Waals surface area contributed by atoms with Crippen LogP contribution in [0.15, 0.2) is 39.9 Å². The minimum atomic E-state index is -0.697. The molecular formula is C12H7ClO3. The van der Waals surface area contributed by atoms with E-state index in [2.05, 4.69) is 0 Å². The van der Waals surface area contributed by atoms with Gasteiger partial charge in [0.05, 0.1) is 5.02 Å². The zero-order valence-electron chi connectivity index (χ0n) is 8.20. The van der Waals surface area contributed by atoms with Gasteiger partial charge in [0, 0.05) is 17.5 Å². The molecule has 0 saturated carbocycles. The van der Waals surface area contributed by atoms with Gasteiger partial charge in [-0.05, 0) is 0 Å². The Morgan fingerprint density at radius 1 is 1.06 bits per heavy atom. The van der Waals surface area contributed by atoms with Crippen LogP contribution < -0.4 is 10.9 Å². The number of carbonyl (C=O) groups is 1. The lowest BCUT2D eigenvalue weighted by Gasteiger charge is -2.04. The summed E-state index contributed by atoms with van der Waals surface area (Å²) in [4.78, 5) is 33.6. The van der Waals surface area contributed by atoms with Crippen LogP contribution in [0.1, 0.15) is 15.9 Å². The second-order valence-electron chi connectivity index (χ2n) is 3.42. The molecule has 0 fully saturated rings. The second kappa shape index (κ2) is 4.02. The van der Waals surface area contributed by atoms with Gasteiger partial charge in [-0.15, -0.1) is 0 Å². The molecule has 0 amide bonds. The Hall–Kier alpha value is -1.74. The molecule has 2 aromatic carbocycles. The standard InChI is InChI=1S/C12H7ClO3/c13-10-8(11(15)12(10)16)6-9(14)7-4-2-1-3-5-7/h1-5H,6H2. The molecule has 0 spiro atoms. The molecule has 0 aliphatic carbocycles. The maximum atomic E-state index is 11.7. The average Bonchev–Trinajstić information content (AvgIpc) is 2.35. The predicted octanol–water partition coefficient (Wildman–Crippen LogP) is 1.36. The molecule has 0 N–H and O–H groups in total. The molecule has 16 heavy (non-hydrogen) atoms. The van der Waals surface area contributed by atoms with E-state index in [-0.39, 0.29) is 22.8 Å². The summed E-state index contributed by atoms with van der Waals surface area (Å²) >= 11 is 5.55. The smallest absolute Gasteiger partial charge is 0.245 e. The molecule has 3 nitrogen and oxygen atoms in total. The summed E-state index contributed by atoms with van der Waals surface area (Å²) in [5.41, 5.74) is -0.709. The highest BCUT2D eigenvalue weighted by Crippen LogP contribution is 2.11. The maximum absolute atomic E-state index is 11.7. The van der Waals surface area contributed by atoms with Crippen molar-refractivity contribution in [2.45, 2.75) is 6.42 Å². The van der Waals surface area contributed by atoms with Gasteiger partial charge >= 0.3 is 0 Å². The Morgan fingerprint density at radius 3 is 2.25 bits per heavy atom. The Kier molecular flexibility index (Phi) is 2.71. The number of benzene rings is 1. The Bertz CT molecular complexity index is 607. The molecule has 0 unspecified atom stereocenters. The van der Waals surface area contributed by atoms with E-state index in [0.29, 0.717) is 5.56 Å². The van der Waals surface area contributed by atoms with Crippen LogP contribution in [0.3, 0.4) is 0 Å². The van der Waals surface area contributed by atoms with Crippen molar-refractivity contribution in [1.82, 2.24) is 0 Å². The average molecular weight is 235 g/mol. The number of hydrogen-bond donors (Lipinski definition) is 0. The number of carbonyl (C=O) groups excluding carboxylic acids is 1. The van der Waals surface area contributed by atoms with Gasteiger partial charge < -0.3 is 0 Å². The first kappa shape index (κ1) is 10.8. The van der Waals surface area contributed by atoms with E-state index >= 15 is 0 Å². The monoisotopic (exact) mass is 234 g/mol. The van der Waals surface area contributed by atoms with Gasteiger partial charge in [0.1, 0.15) is 0 Å². The van der Waals surface area contributed by atoms with Crippen molar-refractivity contribution in [3.05, 3.63) is 66.9 Å². The highest BCUT2D eigenvalue weighted by atomic mass is 35.5. The van der Waals surface area contributed by atoms with Crippen molar-refractivity contribution in [2.24, 2.45) is 0 Å². The lowest BCUT2D eigenvalue weighted by molar-refractivity contribution is 0.0992. The minimum Gasteiger partial charge on any atom is -0.294 e. The first-order chi connectivity index (χ1) is 7.61. The zero-order chi connectivity index (χ0) is 11.7. The van der Waals surface area contributed by atoms with E-state index in [1.54, 1.807) is 30.3 Å². The number of ketones is 1. The maximum Gasteiger partial charge on any atom is 0.245 e. The van der Waals surface area contributed by atoms with Crippen LogP contribution in [0, 0.1) is 0 Å². The number of Topliss-reactive ketones (excluding diaryl/α,β-unsaturated/α-hetero) is 1. The van der Waals surface area contributed by atoms with Crippen LogP contribution in [0.4, 0.5) is 0 Å². The Labute approximate surface area is 96.0 Å². The third kappa shape index (κ3) is 1.70. The molecule has 0 saturated heterocycles. The number of halogens is 1. The number of rotatable bonds is 3. The predicted molar refractivity (Wildman–Crippen MR) is 60.8 cm³/mol. The van der Waals surface area contributed by atoms with Crippen LogP contribution in [0.25, 0.3) is 0 Å². The summed E-state index contributed by atoms with van der Waals surface area (Å²) in [5.74, 6) is -0.213. The molecule has 0 heterocycles. The molecule has 0 aliphatic heterocycles. The highest BCUT2D eigenvalue weighted by Gasteiger charge is 2.21. The largest absolute Gasteiger partial charge is 0.294 e. The van der Waals surface area contributed by atoms with Gasteiger partial charge in [0.25, 0.3) is 0 Å². The van der Waals surface area contributed by atoms with Crippen molar-refractivity contribution < 1.29 is 4.79 Å². The van der Waals surface area contributed by atoms with Crippen molar-refractivity contribution in [3.8, 4) is 0 Å². The normalized spacial score (nSPS) is 10.6. The molecule has 0 atom stereocenters. The lowest BCUT2D eigenvalue weighted by atomic mass is 10.0. The topological polar surface area (TPSA) is 51.2 Å². The summed E-state index contributed by atoms with van der Waals surface area (Å²) in [5, 5.41) is -0.103. The van der Waals surface area contributed by atoms with Crippen molar-refractivity contribution in [2.75, 3.05) is 0 Å². The fourth-order valence-corrected chi connectivity index (χ4v) is 1.69. The van der Waals surface area contributed by atoms with Gasteiger partial charge in [-0.1, -0.05) is 41.9 Å². The van der Waals surface area contributed by atoms with E-state index in [0.717, 1.165) is 0 Å². The lowest BCUT2D eigenvalue weighted by Crippen LogP contribution is -2.37.